The minimum Gasteiger partial charge on any atom is -0.377 e. The molecule has 1 saturated heterocycles. The SMILES string of the molecule is COCc1nsc(N2CCN(C(=O)C3CCCC3)CC2)n1. The Morgan fingerprint density at radius 3 is 2.67 bits per heavy atom. The normalized spacial score (nSPS) is 20.2. The van der Waals surface area contributed by atoms with Crippen molar-refractivity contribution in [3.05, 3.63) is 5.82 Å². The summed E-state index contributed by atoms with van der Waals surface area (Å²) in [6.45, 7) is 3.75. The number of piperazine rings is 1. The Labute approximate surface area is 129 Å². The number of carbonyl (C=O) groups is 1. The Morgan fingerprint density at radius 2 is 2.00 bits per heavy atom. The largest absolute Gasteiger partial charge is 0.377 e. The zero-order valence-electron chi connectivity index (χ0n) is 12.5. The van der Waals surface area contributed by atoms with Crippen molar-refractivity contribution in [2.75, 3.05) is 38.2 Å². The lowest BCUT2D eigenvalue weighted by Gasteiger charge is -2.35. The predicted molar refractivity (Wildman–Crippen MR) is 81.4 cm³/mol. The van der Waals surface area contributed by atoms with Gasteiger partial charge in [0, 0.05) is 50.7 Å². The van der Waals surface area contributed by atoms with E-state index in [4.69, 9.17) is 4.74 Å². The zero-order valence-corrected chi connectivity index (χ0v) is 13.3. The summed E-state index contributed by atoms with van der Waals surface area (Å²) in [6, 6.07) is 0. The molecule has 0 N–H and O–H groups in total. The fraction of sp³-hybridized carbons (Fsp3) is 0.786. The van der Waals surface area contributed by atoms with Crippen molar-refractivity contribution in [1.82, 2.24) is 14.3 Å². The highest BCUT2D eigenvalue weighted by atomic mass is 32.1. The number of anilines is 1. The van der Waals surface area contributed by atoms with Crippen molar-refractivity contribution < 1.29 is 9.53 Å². The van der Waals surface area contributed by atoms with E-state index in [1.807, 2.05) is 4.90 Å². The van der Waals surface area contributed by atoms with E-state index in [0.717, 1.165) is 50.0 Å². The number of rotatable bonds is 4. The van der Waals surface area contributed by atoms with Crippen molar-refractivity contribution in [2.45, 2.75) is 32.3 Å². The Morgan fingerprint density at radius 1 is 1.29 bits per heavy atom. The maximum absolute atomic E-state index is 12.4. The topological polar surface area (TPSA) is 58.6 Å². The van der Waals surface area contributed by atoms with E-state index in [1.54, 1.807) is 7.11 Å². The highest BCUT2D eigenvalue weighted by Crippen LogP contribution is 2.27. The molecule has 7 heteroatoms. The van der Waals surface area contributed by atoms with Gasteiger partial charge in [-0.1, -0.05) is 12.8 Å². The van der Waals surface area contributed by atoms with E-state index < -0.39 is 0 Å². The molecule has 1 aliphatic carbocycles. The van der Waals surface area contributed by atoms with Crippen molar-refractivity contribution in [3.63, 3.8) is 0 Å². The van der Waals surface area contributed by atoms with Gasteiger partial charge >= 0.3 is 0 Å². The molecule has 2 fully saturated rings. The van der Waals surface area contributed by atoms with E-state index in [0.29, 0.717) is 12.5 Å². The maximum atomic E-state index is 12.4. The van der Waals surface area contributed by atoms with Crippen LogP contribution in [0, 0.1) is 5.92 Å². The van der Waals surface area contributed by atoms with E-state index >= 15 is 0 Å². The van der Waals surface area contributed by atoms with Crippen LogP contribution >= 0.6 is 11.5 Å². The van der Waals surface area contributed by atoms with Gasteiger partial charge in [-0.3, -0.25) is 4.79 Å². The third-order valence-electron chi connectivity index (χ3n) is 4.30. The number of ether oxygens (including phenoxy) is 1. The molecule has 1 amide bonds. The van der Waals surface area contributed by atoms with Gasteiger partial charge in [0.2, 0.25) is 11.0 Å². The number of methoxy groups -OCH3 is 1. The third-order valence-corrected chi connectivity index (χ3v) is 5.11. The summed E-state index contributed by atoms with van der Waals surface area (Å²) in [6.07, 6.45) is 4.58. The van der Waals surface area contributed by atoms with Gasteiger partial charge in [0.15, 0.2) is 5.82 Å². The molecule has 2 aliphatic rings. The average molecular weight is 310 g/mol. The number of nitrogens with zero attached hydrogens (tertiary/aromatic N) is 4. The molecule has 0 unspecified atom stereocenters. The van der Waals surface area contributed by atoms with Crippen LogP contribution in [0.1, 0.15) is 31.5 Å². The van der Waals surface area contributed by atoms with Crippen molar-refractivity contribution in [3.8, 4) is 0 Å². The van der Waals surface area contributed by atoms with Gasteiger partial charge in [0.1, 0.15) is 6.61 Å². The summed E-state index contributed by atoms with van der Waals surface area (Å²) in [7, 11) is 1.65. The van der Waals surface area contributed by atoms with Crippen LogP contribution in [0.4, 0.5) is 5.13 Å². The lowest BCUT2D eigenvalue weighted by molar-refractivity contribution is -0.135. The van der Waals surface area contributed by atoms with E-state index in [1.165, 1.54) is 24.4 Å². The second kappa shape index (κ2) is 6.70. The lowest BCUT2D eigenvalue weighted by atomic mass is 10.1. The first-order valence-electron chi connectivity index (χ1n) is 7.63. The smallest absolute Gasteiger partial charge is 0.225 e. The molecule has 0 aromatic carbocycles. The summed E-state index contributed by atoms with van der Waals surface area (Å²) in [5.74, 6) is 1.39. The predicted octanol–water partition coefficient (Wildman–Crippen LogP) is 1.52. The van der Waals surface area contributed by atoms with Crippen LogP contribution in [0.3, 0.4) is 0 Å². The van der Waals surface area contributed by atoms with E-state index in [-0.39, 0.29) is 5.92 Å². The summed E-state index contributed by atoms with van der Waals surface area (Å²) in [5, 5.41) is 0.940. The van der Waals surface area contributed by atoms with Gasteiger partial charge in [-0.05, 0) is 12.8 Å². The van der Waals surface area contributed by atoms with Crippen LogP contribution in [-0.4, -0.2) is 53.5 Å². The van der Waals surface area contributed by atoms with Crippen LogP contribution in [0.5, 0.6) is 0 Å². The molecule has 0 radical (unpaired) electrons. The first-order chi connectivity index (χ1) is 10.3. The Kier molecular flexibility index (Phi) is 4.70. The molecule has 3 rings (SSSR count). The van der Waals surface area contributed by atoms with Crippen molar-refractivity contribution >= 4 is 22.6 Å². The molecule has 21 heavy (non-hydrogen) atoms. The van der Waals surface area contributed by atoms with Crippen LogP contribution in [-0.2, 0) is 16.1 Å². The average Bonchev–Trinajstić information content (AvgIpc) is 3.19. The van der Waals surface area contributed by atoms with Gasteiger partial charge < -0.3 is 14.5 Å². The van der Waals surface area contributed by atoms with Crippen molar-refractivity contribution in [1.29, 1.82) is 0 Å². The standard InChI is InChI=1S/C14H22N4O2S/c1-20-10-12-15-14(21-16-12)18-8-6-17(7-9-18)13(19)11-4-2-3-5-11/h11H,2-10H2,1H3. The minimum atomic E-state index is 0.284. The molecule has 1 aliphatic heterocycles. The van der Waals surface area contributed by atoms with Crippen LogP contribution in [0.2, 0.25) is 0 Å². The molecule has 2 heterocycles. The summed E-state index contributed by atoms with van der Waals surface area (Å²) in [4.78, 5) is 21.1. The van der Waals surface area contributed by atoms with Gasteiger partial charge in [0.25, 0.3) is 0 Å². The Balaban J connectivity index is 1.53. The van der Waals surface area contributed by atoms with Gasteiger partial charge in [-0.15, -0.1) is 0 Å². The fourth-order valence-electron chi connectivity index (χ4n) is 3.11. The fourth-order valence-corrected chi connectivity index (χ4v) is 3.83. The van der Waals surface area contributed by atoms with Crippen molar-refractivity contribution in [2.24, 2.45) is 5.92 Å². The molecular formula is C14H22N4O2S. The monoisotopic (exact) mass is 310 g/mol. The number of amides is 1. The number of hydrogen-bond acceptors (Lipinski definition) is 6. The lowest BCUT2D eigenvalue weighted by Crippen LogP contribution is -2.50. The number of aromatic nitrogens is 2. The summed E-state index contributed by atoms with van der Waals surface area (Å²) < 4.78 is 9.33. The number of carbonyl (C=O) groups excluding carboxylic acids is 1. The third kappa shape index (κ3) is 3.35. The van der Waals surface area contributed by atoms with E-state index in [2.05, 4.69) is 14.3 Å². The highest BCUT2D eigenvalue weighted by molar-refractivity contribution is 7.09. The molecule has 0 atom stereocenters. The molecular weight excluding hydrogens is 288 g/mol. The molecule has 0 spiro atoms. The molecule has 1 saturated carbocycles. The Hall–Kier alpha value is -1.21. The second-order valence-corrected chi connectivity index (χ2v) is 6.45. The van der Waals surface area contributed by atoms with E-state index in [9.17, 15) is 4.79 Å². The van der Waals surface area contributed by atoms with Crippen LogP contribution < -0.4 is 4.90 Å². The summed E-state index contributed by atoms with van der Waals surface area (Å²) in [5.41, 5.74) is 0. The highest BCUT2D eigenvalue weighted by Gasteiger charge is 2.30. The van der Waals surface area contributed by atoms with Gasteiger partial charge in [0.05, 0.1) is 0 Å². The van der Waals surface area contributed by atoms with Gasteiger partial charge in [-0.25, -0.2) is 4.98 Å². The minimum absolute atomic E-state index is 0.284. The molecule has 1 aromatic rings. The quantitative estimate of drug-likeness (QED) is 0.844. The molecule has 6 nitrogen and oxygen atoms in total. The zero-order chi connectivity index (χ0) is 14.7. The molecule has 0 bridgehead atoms. The first-order valence-corrected chi connectivity index (χ1v) is 8.40. The maximum Gasteiger partial charge on any atom is 0.225 e. The molecule has 1 aromatic heterocycles. The summed E-state index contributed by atoms with van der Waals surface area (Å²) >= 11 is 1.41. The molecule has 116 valence electrons. The van der Waals surface area contributed by atoms with Crippen LogP contribution in [0.15, 0.2) is 0 Å². The Bertz CT molecular complexity index is 479. The number of hydrogen-bond donors (Lipinski definition) is 0. The second-order valence-electron chi connectivity index (χ2n) is 5.72. The van der Waals surface area contributed by atoms with Gasteiger partial charge in [-0.2, -0.15) is 4.37 Å². The van der Waals surface area contributed by atoms with Crippen LogP contribution in [0.25, 0.3) is 0 Å². The first kappa shape index (κ1) is 14.7.